The summed E-state index contributed by atoms with van der Waals surface area (Å²) in [5.74, 6) is -1.14. The molecule has 1 amide bonds. The molecule has 21 heavy (non-hydrogen) atoms. The van der Waals surface area contributed by atoms with Crippen LogP contribution in [0.5, 0.6) is 0 Å². The van der Waals surface area contributed by atoms with Gasteiger partial charge in [-0.2, -0.15) is 0 Å². The number of carbonyl (C=O) groups excluding carboxylic acids is 2. The van der Waals surface area contributed by atoms with Crippen molar-refractivity contribution >= 4 is 39.6 Å². The van der Waals surface area contributed by atoms with Crippen molar-refractivity contribution in [1.29, 1.82) is 0 Å². The number of ether oxygens (including phenoxy) is 1. The van der Waals surface area contributed by atoms with Gasteiger partial charge in [0.25, 0.3) is 0 Å². The molecular weight excluding hydrogens is 358 g/mol. The van der Waals surface area contributed by atoms with Crippen LogP contribution in [-0.4, -0.2) is 48.2 Å². The second-order valence-electron chi connectivity index (χ2n) is 7.12. The van der Waals surface area contributed by atoms with Crippen LogP contribution in [0.15, 0.2) is 0 Å². The van der Waals surface area contributed by atoms with Crippen LogP contribution in [0.1, 0.15) is 41.5 Å². The molecule has 5 nitrogen and oxygen atoms in total. The molecule has 0 spiro atoms. The zero-order valence-corrected chi connectivity index (χ0v) is 15.5. The van der Waals surface area contributed by atoms with Crippen molar-refractivity contribution in [1.82, 2.24) is 4.90 Å². The number of fused-ring (bicyclic) bond motifs is 1. The van der Waals surface area contributed by atoms with E-state index in [9.17, 15) is 14.7 Å². The van der Waals surface area contributed by atoms with Crippen LogP contribution in [-0.2, 0) is 14.3 Å². The summed E-state index contributed by atoms with van der Waals surface area (Å²) in [4.78, 5) is 26.6. The Kier molecular flexibility index (Phi) is 3.96. The number of alkyl halides is 1. The Morgan fingerprint density at radius 1 is 1.48 bits per heavy atom. The van der Waals surface area contributed by atoms with Gasteiger partial charge in [-0.15, -0.1) is 11.8 Å². The summed E-state index contributed by atoms with van der Waals surface area (Å²) in [5, 5.41) is 9.55. The van der Waals surface area contributed by atoms with Gasteiger partial charge in [0.2, 0.25) is 10.4 Å². The highest BCUT2D eigenvalue weighted by atomic mass is 79.9. The molecule has 0 aromatic heterocycles. The van der Waals surface area contributed by atoms with Gasteiger partial charge in [-0.3, -0.25) is 4.79 Å². The van der Waals surface area contributed by atoms with Crippen molar-refractivity contribution in [3.05, 3.63) is 0 Å². The maximum Gasteiger partial charge on any atom is 0.345 e. The first-order valence-corrected chi connectivity index (χ1v) is 8.61. The number of nitrogens with zero attached hydrogens (tertiary/aromatic N) is 1. The van der Waals surface area contributed by atoms with Crippen LogP contribution in [0.4, 0.5) is 0 Å². The minimum atomic E-state index is -1.20. The Balaban J connectivity index is 2.35. The van der Waals surface area contributed by atoms with Gasteiger partial charge in [-0.25, -0.2) is 4.79 Å². The van der Waals surface area contributed by atoms with E-state index in [1.807, 2.05) is 13.8 Å². The number of halogens is 1. The summed E-state index contributed by atoms with van der Waals surface area (Å²) in [6.45, 7) is 10.8. The first kappa shape index (κ1) is 17.1. The molecule has 120 valence electrons. The van der Waals surface area contributed by atoms with E-state index in [-0.39, 0.29) is 11.3 Å². The second-order valence-corrected chi connectivity index (χ2v) is 10.0. The molecule has 0 unspecified atom stereocenters. The third kappa shape index (κ3) is 2.41. The SMILES string of the molecule is C[C@@H](O)[C@@H]1C(=O)N2[C@@H]1SC(C)(C)[C@]2(Br)C(=O)OC(C)(C)C. The molecule has 2 saturated heterocycles. The maximum absolute atomic E-state index is 12.7. The Morgan fingerprint density at radius 2 is 2.00 bits per heavy atom. The molecule has 2 fully saturated rings. The van der Waals surface area contributed by atoms with Crippen molar-refractivity contribution in [3.63, 3.8) is 0 Å². The lowest BCUT2D eigenvalue weighted by Crippen LogP contribution is -2.69. The molecule has 0 bridgehead atoms. The molecule has 0 aromatic carbocycles. The van der Waals surface area contributed by atoms with Crippen LogP contribution < -0.4 is 0 Å². The van der Waals surface area contributed by atoms with Crippen molar-refractivity contribution < 1.29 is 19.4 Å². The first-order valence-electron chi connectivity index (χ1n) is 6.94. The van der Waals surface area contributed by atoms with E-state index < -0.39 is 32.8 Å². The predicted octanol–water partition coefficient (Wildman–Crippen LogP) is 2.11. The van der Waals surface area contributed by atoms with Gasteiger partial charge in [-0.1, -0.05) is 0 Å². The van der Waals surface area contributed by atoms with E-state index in [4.69, 9.17) is 4.74 Å². The summed E-state index contributed by atoms with van der Waals surface area (Å²) >= 11 is 5.00. The normalized spacial score (nSPS) is 36.0. The molecule has 1 N–H and O–H groups in total. The average Bonchev–Trinajstić information content (AvgIpc) is 2.41. The van der Waals surface area contributed by atoms with E-state index in [2.05, 4.69) is 15.9 Å². The monoisotopic (exact) mass is 379 g/mol. The Hall–Kier alpha value is -0.270. The minimum Gasteiger partial charge on any atom is -0.458 e. The van der Waals surface area contributed by atoms with E-state index in [1.165, 1.54) is 16.7 Å². The molecule has 0 aromatic rings. The van der Waals surface area contributed by atoms with Crippen LogP contribution in [0.3, 0.4) is 0 Å². The third-order valence-corrected chi connectivity index (χ3v) is 7.41. The van der Waals surface area contributed by atoms with Gasteiger partial charge in [-0.05, 0) is 57.5 Å². The molecule has 2 rings (SSSR count). The Morgan fingerprint density at radius 3 is 2.43 bits per heavy atom. The highest BCUT2D eigenvalue weighted by Crippen LogP contribution is 2.62. The van der Waals surface area contributed by atoms with Gasteiger partial charge < -0.3 is 14.7 Å². The molecule has 4 atom stereocenters. The van der Waals surface area contributed by atoms with E-state index in [1.54, 1.807) is 27.7 Å². The van der Waals surface area contributed by atoms with Gasteiger partial charge >= 0.3 is 5.97 Å². The number of hydrogen-bond acceptors (Lipinski definition) is 5. The number of rotatable bonds is 2. The fourth-order valence-corrected chi connectivity index (χ4v) is 5.44. The average molecular weight is 380 g/mol. The largest absolute Gasteiger partial charge is 0.458 e. The maximum atomic E-state index is 12.7. The lowest BCUT2D eigenvalue weighted by atomic mass is 9.88. The van der Waals surface area contributed by atoms with Crippen LogP contribution in [0.2, 0.25) is 0 Å². The lowest BCUT2D eigenvalue weighted by Gasteiger charge is -2.49. The van der Waals surface area contributed by atoms with Crippen LogP contribution in [0, 0.1) is 5.92 Å². The number of carbonyl (C=O) groups is 2. The Bertz CT molecular complexity index is 488. The molecule has 7 heteroatoms. The first-order chi connectivity index (χ1) is 9.33. The zero-order chi connectivity index (χ0) is 16.4. The number of esters is 1. The summed E-state index contributed by atoms with van der Waals surface area (Å²) in [6.07, 6.45) is -0.726. The molecule has 0 saturated carbocycles. The van der Waals surface area contributed by atoms with Gasteiger partial charge in [0.05, 0.1) is 22.1 Å². The highest BCUT2D eigenvalue weighted by molar-refractivity contribution is 9.10. The fraction of sp³-hybridized carbons (Fsp3) is 0.857. The topological polar surface area (TPSA) is 66.8 Å². The number of aliphatic hydroxyl groups is 1. The van der Waals surface area contributed by atoms with E-state index in [0.29, 0.717) is 0 Å². The quantitative estimate of drug-likeness (QED) is 0.344. The smallest absolute Gasteiger partial charge is 0.345 e. The third-order valence-electron chi connectivity index (χ3n) is 3.82. The number of β-lactam (4-membered cyclic amide) rings is 1. The van der Waals surface area contributed by atoms with E-state index in [0.717, 1.165) is 0 Å². The summed E-state index contributed by atoms with van der Waals surface area (Å²) in [6, 6.07) is 0. The van der Waals surface area contributed by atoms with E-state index >= 15 is 0 Å². The summed E-state index contributed by atoms with van der Waals surface area (Å²) < 4.78 is 3.74. The van der Waals surface area contributed by atoms with Crippen molar-refractivity contribution in [3.8, 4) is 0 Å². The molecule has 2 aliphatic rings. The standard InChI is InChI=1S/C14H22BrNO4S/c1-7(17)8-9(18)16-10(8)21-13(5,6)14(16,15)11(19)20-12(2,3)4/h7-8,10,17H,1-6H3/t7-,8-,10-,14+/m1/s1. The summed E-state index contributed by atoms with van der Waals surface area (Å²) in [5.41, 5.74) is -0.631. The molecule has 2 aliphatic heterocycles. The number of hydrogen-bond donors (Lipinski definition) is 1. The summed E-state index contributed by atoms with van der Waals surface area (Å²) in [7, 11) is 0. The lowest BCUT2D eigenvalue weighted by molar-refractivity contribution is -0.179. The number of amides is 1. The predicted molar refractivity (Wildman–Crippen MR) is 85.0 cm³/mol. The molecule has 2 heterocycles. The molecule has 0 radical (unpaired) electrons. The highest BCUT2D eigenvalue weighted by Gasteiger charge is 2.73. The molecule has 0 aliphatic carbocycles. The number of aliphatic hydroxyl groups excluding tert-OH is 1. The minimum absolute atomic E-state index is 0.209. The second kappa shape index (κ2) is 4.86. The number of thioether (sulfide) groups is 1. The van der Waals surface area contributed by atoms with Crippen LogP contribution in [0.25, 0.3) is 0 Å². The van der Waals surface area contributed by atoms with Gasteiger partial charge in [0, 0.05) is 0 Å². The van der Waals surface area contributed by atoms with Crippen molar-refractivity contribution in [2.75, 3.05) is 0 Å². The zero-order valence-electron chi connectivity index (χ0n) is 13.1. The molecular formula is C14H22BrNO4S. The van der Waals surface area contributed by atoms with Gasteiger partial charge in [0.15, 0.2) is 0 Å². The van der Waals surface area contributed by atoms with Crippen molar-refractivity contribution in [2.45, 2.75) is 67.8 Å². The van der Waals surface area contributed by atoms with Gasteiger partial charge in [0.1, 0.15) is 5.60 Å². The Labute approximate surface area is 137 Å². The van der Waals surface area contributed by atoms with Crippen LogP contribution >= 0.6 is 27.7 Å². The van der Waals surface area contributed by atoms with Crippen molar-refractivity contribution in [2.24, 2.45) is 5.92 Å². The fourth-order valence-electron chi connectivity index (χ4n) is 2.74.